The van der Waals surface area contributed by atoms with E-state index in [0.717, 1.165) is 12.3 Å². The molecule has 0 atom stereocenters. The minimum absolute atomic E-state index is 0.0292. The van der Waals surface area contributed by atoms with E-state index >= 15 is 0 Å². The molecule has 3 rings (SSSR count). The number of amides is 1. The van der Waals surface area contributed by atoms with Crippen LogP contribution < -0.4 is 15.0 Å². The van der Waals surface area contributed by atoms with E-state index in [2.05, 4.69) is 10.3 Å². The summed E-state index contributed by atoms with van der Waals surface area (Å²) in [6, 6.07) is 7.57. The first kappa shape index (κ1) is 23.5. The van der Waals surface area contributed by atoms with Gasteiger partial charge < -0.3 is 15.0 Å². The number of nitrogens with zero attached hydrogens (tertiary/aromatic N) is 2. The van der Waals surface area contributed by atoms with Gasteiger partial charge in [0.15, 0.2) is 0 Å². The van der Waals surface area contributed by atoms with Gasteiger partial charge in [0, 0.05) is 31.7 Å². The number of aromatic nitrogens is 1. The molecule has 1 aliphatic rings. The lowest BCUT2D eigenvalue weighted by molar-refractivity contribution is -0.137. The molecule has 0 aliphatic carbocycles. The van der Waals surface area contributed by atoms with E-state index in [0.29, 0.717) is 67.0 Å². The lowest BCUT2D eigenvalue weighted by Gasteiger charge is -2.33. The molecule has 0 bridgehead atoms. The molecule has 1 aliphatic heterocycles. The number of rotatable bonds is 7. The predicted molar refractivity (Wildman–Crippen MR) is 114 cm³/mol. The van der Waals surface area contributed by atoms with Crippen LogP contribution >= 0.6 is 23.2 Å². The number of ether oxygens (including phenoxy) is 1. The summed E-state index contributed by atoms with van der Waals surface area (Å²) in [6.07, 6.45) is -1.30. The average molecular weight is 476 g/mol. The summed E-state index contributed by atoms with van der Waals surface area (Å²) in [4.78, 5) is 18.0. The smallest absolute Gasteiger partial charge is 0.417 e. The molecule has 1 aromatic carbocycles. The van der Waals surface area contributed by atoms with Gasteiger partial charge >= 0.3 is 6.18 Å². The lowest BCUT2D eigenvalue weighted by atomic mass is 10.0. The molecule has 0 radical (unpaired) electrons. The van der Waals surface area contributed by atoms with Gasteiger partial charge in [-0.05, 0) is 43.5 Å². The van der Waals surface area contributed by atoms with Crippen LogP contribution in [0.3, 0.4) is 0 Å². The molecule has 1 amide bonds. The highest BCUT2D eigenvalue weighted by molar-refractivity contribution is 6.42. The van der Waals surface area contributed by atoms with Crippen LogP contribution in [0.1, 0.15) is 31.2 Å². The number of anilines is 1. The zero-order valence-corrected chi connectivity index (χ0v) is 18.1. The van der Waals surface area contributed by atoms with Crippen molar-refractivity contribution < 1.29 is 22.7 Å². The molecule has 2 aromatic rings. The average Bonchev–Trinajstić information content (AvgIpc) is 2.74. The summed E-state index contributed by atoms with van der Waals surface area (Å²) in [7, 11) is 0. The summed E-state index contributed by atoms with van der Waals surface area (Å²) in [5, 5.41) is 3.76. The Balaban J connectivity index is 1.36. The molecule has 31 heavy (non-hydrogen) atoms. The monoisotopic (exact) mass is 475 g/mol. The standard InChI is InChI=1S/C21H22Cl2F3N3O2/c22-16-3-1-4-17(20(16)23)31-12-2-5-19(30)28-15-8-10-29(11-9-15)18-7-6-14(13-27-18)21(24,25)26/h1,3-4,6-7,13,15H,2,5,8-12H2,(H,28,30). The van der Waals surface area contributed by atoms with Crippen molar-refractivity contribution in [1.29, 1.82) is 0 Å². The van der Waals surface area contributed by atoms with E-state index in [4.69, 9.17) is 27.9 Å². The zero-order chi connectivity index (χ0) is 22.4. The zero-order valence-electron chi connectivity index (χ0n) is 16.6. The number of carbonyl (C=O) groups excluding carboxylic acids is 1. The molecular weight excluding hydrogens is 454 g/mol. The molecule has 168 valence electrons. The molecule has 2 heterocycles. The van der Waals surface area contributed by atoms with Crippen LogP contribution in [0.15, 0.2) is 36.5 Å². The van der Waals surface area contributed by atoms with Gasteiger partial charge in [0.05, 0.1) is 17.2 Å². The first-order chi connectivity index (χ1) is 14.7. The van der Waals surface area contributed by atoms with Gasteiger partial charge in [-0.3, -0.25) is 4.79 Å². The Bertz CT molecular complexity index is 886. The Labute approximate surface area is 188 Å². The number of nitrogens with one attached hydrogen (secondary N) is 1. The van der Waals surface area contributed by atoms with Crippen LogP contribution in [0.2, 0.25) is 10.0 Å². The van der Waals surface area contributed by atoms with E-state index in [1.54, 1.807) is 18.2 Å². The highest BCUT2D eigenvalue weighted by atomic mass is 35.5. The van der Waals surface area contributed by atoms with Gasteiger partial charge in [-0.25, -0.2) is 4.98 Å². The second-order valence-corrected chi connectivity index (χ2v) is 8.02. The van der Waals surface area contributed by atoms with Gasteiger partial charge in [0.25, 0.3) is 0 Å². The molecule has 1 N–H and O–H groups in total. The van der Waals surface area contributed by atoms with Crippen LogP contribution in [0.5, 0.6) is 5.75 Å². The first-order valence-electron chi connectivity index (χ1n) is 9.88. The number of pyridine rings is 1. The number of hydrogen-bond donors (Lipinski definition) is 1. The van der Waals surface area contributed by atoms with Gasteiger partial charge in [0.2, 0.25) is 5.91 Å². The number of alkyl halides is 3. The number of halogens is 5. The van der Waals surface area contributed by atoms with E-state index in [1.807, 2.05) is 4.90 Å². The summed E-state index contributed by atoms with van der Waals surface area (Å²) in [6.45, 7) is 1.56. The number of carbonyl (C=O) groups is 1. The topological polar surface area (TPSA) is 54.5 Å². The molecule has 0 unspecified atom stereocenters. The van der Waals surface area contributed by atoms with Crippen molar-refractivity contribution in [1.82, 2.24) is 10.3 Å². The fraction of sp³-hybridized carbons (Fsp3) is 0.429. The summed E-state index contributed by atoms with van der Waals surface area (Å²) in [5.41, 5.74) is -0.764. The Hall–Kier alpha value is -2.19. The second-order valence-electron chi connectivity index (χ2n) is 7.24. The van der Waals surface area contributed by atoms with Crippen LogP contribution in [0.4, 0.5) is 19.0 Å². The molecule has 5 nitrogen and oxygen atoms in total. The normalized spacial score (nSPS) is 15.1. The first-order valence-corrected chi connectivity index (χ1v) is 10.6. The fourth-order valence-electron chi connectivity index (χ4n) is 3.30. The summed E-state index contributed by atoms with van der Waals surface area (Å²) < 4.78 is 43.5. The van der Waals surface area contributed by atoms with Crippen LogP contribution in [-0.4, -0.2) is 36.6 Å². The molecule has 1 fully saturated rings. The van der Waals surface area contributed by atoms with Crippen LogP contribution in [0.25, 0.3) is 0 Å². The molecule has 1 saturated heterocycles. The van der Waals surface area contributed by atoms with Crippen molar-refractivity contribution in [2.45, 2.75) is 37.9 Å². The minimum atomic E-state index is -4.39. The van der Waals surface area contributed by atoms with Crippen LogP contribution in [0, 0.1) is 0 Å². The van der Waals surface area contributed by atoms with Crippen molar-refractivity contribution >= 4 is 34.9 Å². The van der Waals surface area contributed by atoms with Gasteiger partial charge in [-0.2, -0.15) is 13.2 Å². The molecule has 0 saturated carbocycles. The van der Waals surface area contributed by atoms with E-state index < -0.39 is 11.7 Å². The number of hydrogen-bond acceptors (Lipinski definition) is 4. The van der Waals surface area contributed by atoms with Gasteiger partial charge in [0.1, 0.15) is 16.6 Å². The lowest BCUT2D eigenvalue weighted by Crippen LogP contribution is -2.45. The highest BCUT2D eigenvalue weighted by Gasteiger charge is 2.31. The third-order valence-corrected chi connectivity index (χ3v) is 5.78. The fourth-order valence-corrected chi connectivity index (χ4v) is 3.65. The maximum atomic E-state index is 12.7. The predicted octanol–water partition coefficient (Wildman–Crippen LogP) is 5.35. The van der Waals surface area contributed by atoms with E-state index in [-0.39, 0.29) is 11.9 Å². The Morgan fingerprint density at radius 1 is 1.19 bits per heavy atom. The Morgan fingerprint density at radius 3 is 2.58 bits per heavy atom. The quantitative estimate of drug-likeness (QED) is 0.548. The summed E-state index contributed by atoms with van der Waals surface area (Å²) >= 11 is 12.0. The third kappa shape index (κ3) is 6.64. The maximum absolute atomic E-state index is 12.7. The third-order valence-electron chi connectivity index (χ3n) is 4.98. The minimum Gasteiger partial charge on any atom is -0.492 e. The van der Waals surface area contributed by atoms with Crippen molar-refractivity contribution in [2.75, 3.05) is 24.6 Å². The number of piperidine rings is 1. The van der Waals surface area contributed by atoms with E-state index in [1.165, 1.54) is 6.07 Å². The second kappa shape index (κ2) is 10.4. The van der Waals surface area contributed by atoms with Crippen molar-refractivity contribution in [2.24, 2.45) is 0 Å². The molecule has 0 spiro atoms. The van der Waals surface area contributed by atoms with Crippen LogP contribution in [-0.2, 0) is 11.0 Å². The highest BCUT2D eigenvalue weighted by Crippen LogP contribution is 2.32. The van der Waals surface area contributed by atoms with Gasteiger partial charge in [-0.15, -0.1) is 0 Å². The molecule has 10 heteroatoms. The Kier molecular flexibility index (Phi) is 7.89. The van der Waals surface area contributed by atoms with E-state index in [9.17, 15) is 18.0 Å². The molecule has 1 aromatic heterocycles. The summed E-state index contributed by atoms with van der Waals surface area (Å²) in [5.74, 6) is 0.931. The van der Waals surface area contributed by atoms with Gasteiger partial charge in [-0.1, -0.05) is 29.3 Å². The molecular formula is C21H22Cl2F3N3O2. The Morgan fingerprint density at radius 2 is 1.94 bits per heavy atom. The maximum Gasteiger partial charge on any atom is 0.417 e. The van der Waals surface area contributed by atoms with Crippen molar-refractivity contribution in [3.05, 3.63) is 52.1 Å². The SMILES string of the molecule is O=C(CCCOc1cccc(Cl)c1Cl)NC1CCN(c2ccc(C(F)(F)F)cn2)CC1. The van der Waals surface area contributed by atoms with Crippen molar-refractivity contribution in [3.63, 3.8) is 0 Å². The largest absolute Gasteiger partial charge is 0.492 e. The number of benzene rings is 1. The van der Waals surface area contributed by atoms with Crippen molar-refractivity contribution in [3.8, 4) is 5.75 Å².